The molecule has 2 N–H and O–H groups in total. The maximum Gasteiger partial charge on any atom is 0.329 e. The largest absolute Gasteiger partial charge is 0.329 e. The smallest absolute Gasteiger partial charge is 0.322 e. The van der Waals surface area contributed by atoms with Gasteiger partial charge in [0.25, 0.3) is 11.5 Å². The number of nitrogens with one attached hydrogen (secondary N) is 2. The Hall–Kier alpha value is -2.93. The molecule has 0 unspecified atom stereocenters. The van der Waals surface area contributed by atoms with Gasteiger partial charge in [0.15, 0.2) is 0 Å². The highest BCUT2D eigenvalue weighted by Gasteiger charge is 2.15. The van der Waals surface area contributed by atoms with E-state index in [2.05, 4.69) is 15.3 Å². The number of nitrogens with zero attached hydrogens (tertiary/aromatic N) is 2. The fourth-order valence-corrected chi connectivity index (χ4v) is 2.64. The molecular weight excluding hydrogens is 344 g/mol. The molecule has 1 amide bonds. The fraction of sp³-hybridized carbons (Fsp3) is 0.176. The lowest BCUT2D eigenvalue weighted by Crippen LogP contribution is -2.29. The number of carbonyl (C=O) groups is 1. The topological polar surface area (TPSA) is 96.9 Å². The highest BCUT2D eigenvalue weighted by atomic mass is 35.5. The number of H-pyrrole nitrogens is 1. The van der Waals surface area contributed by atoms with E-state index in [0.29, 0.717) is 16.4 Å². The van der Waals surface area contributed by atoms with Gasteiger partial charge in [-0.3, -0.25) is 19.1 Å². The summed E-state index contributed by atoms with van der Waals surface area (Å²) < 4.78 is 1.23. The van der Waals surface area contributed by atoms with Crippen LogP contribution < -0.4 is 16.6 Å². The first-order valence-corrected chi connectivity index (χ1v) is 7.84. The number of hydrogen-bond donors (Lipinski definition) is 2. The molecule has 3 aromatic rings. The van der Waals surface area contributed by atoms with Crippen molar-refractivity contribution in [2.24, 2.45) is 7.05 Å². The summed E-state index contributed by atoms with van der Waals surface area (Å²) in [4.78, 5) is 42.7. The summed E-state index contributed by atoms with van der Waals surface area (Å²) in [5.74, 6) is -0.417. The number of hydrogen-bond acceptors (Lipinski definition) is 4. The van der Waals surface area contributed by atoms with Gasteiger partial charge in [0, 0.05) is 17.8 Å². The Kier molecular flexibility index (Phi) is 4.18. The van der Waals surface area contributed by atoms with E-state index in [-0.39, 0.29) is 16.6 Å². The van der Waals surface area contributed by atoms with Gasteiger partial charge in [0.2, 0.25) is 0 Å². The molecule has 7 nitrogen and oxygen atoms in total. The van der Waals surface area contributed by atoms with E-state index in [9.17, 15) is 14.4 Å². The minimum atomic E-state index is -0.585. The predicted molar refractivity (Wildman–Crippen MR) is 96.5 cm³/mol. The van der Waals surface area contributed by atoms with Crippen LogP contribution in [0.5, 0.6) is 0 Å². The molecule has 0 saturated heterocycles. The molecule has 0 radical (unpaired) electrons. The van der Waals surface area contributed by atoms with E-state index in [0.717, 1.165) is 5.56 Å². The first-order chi connectivity index (χ1) is 11.8. The number of aromatic amines is 1. The van der Waals surface area contributed by atoms with E-state index < -0.39 is 17.2 Å². The van der Waals surface area contributed by atoms with Crippen LogP contribution in [0.2, 0.25) is 5.02 Å². The lowest BCUT2D eigenvalue weighted by molar-refractivity contribution is 0.102. The Bertz CT molecular complexity index is 1130. The third-order valence-electron chi connectivity index (χ3n) is 3.95. The fourth-order valence-electron chi connectivity index (χ4n) is 2.46. The van der Waals surface area contributed by atoms with Crippen LogP contribution in [0, 0.1) is 13.8 Å². The van der Waals surface area contributed by atoms with Gasteiger partial charge in [-0.05, 0) is 37.6 Å². The van der Waals surface area contributed by atoms with Gasteiger partial charge in [0.1, 0.15) is 5.65 Å². The predicted octanol–water partition coefficient (Wildman–Crippen LogP) is 2.14. The summed E-state index contributed by atoms with van der Waals surface area (Å²) in [5.41, 5.74) is 1.16. The molecule has 0 spiro atoms. The Morgan fingerprint density at radius 2 is 1.96 bits per heavy atom. The van der Waals surface area contributed by atoms with Crippen molar-refractivity contribution in [3.8, 4) is 0 Å². The molecular formula is C17H15ClN4O3. The normalized spacial score (nSPS) is 10.9. The van der Waals surface area contributed by atoms with Crippen LogP contribution in [-0.4, -0.2) is 20.4 Å². The van der Waals surface area contributed by atoms with Crippen molar-refractivity contribution >= 4 is 34.2 Å². The van der Waals surface area contributed by atoms with E-state index in [4.69, 9.17) is 11.6 Å². The molecule has 1 aromatic carbocycles. The molecule has 25 heavy (non-hydrogen) atoms. The molecule has 0 bridgehead atoms. The quantitative estimate of drug-likeness (QED) is 0.733. The standard InChI is InChI=1S/C17H15ClN4O3/c1-8-4-5-10(6-13(8)18)20-15(23)11-7-12-14(19-9(11)2)22(3)17(25)21-16(12)24/h4-7H,1-3H3,(H,20,23)(H,21,24,25). The Morgan fingerprint density at radius 1 is 1.24 bits per heavy atom. The van der Waals surface area contributed by atoms with Crippen LogP contribution in [0.1, 0.15) is 21.6 Å². The molecule has 0 fully saturated rings. The maximum absolute atomic E-state index is 12.6. The summed E-state index contributed by atoms with van der Waals surface area (Å²) >= 11 is 6.06. The number of aromatic nitrogens is 3. The highest BCUT2D eigenvalue weighted by molar-refractivity contribution is 6.31. The average molecular weight is 359 g/mol. The Balaban J connectivity index is 2.07. The van der Waals surface area contributed by atoms with Gasteiger partial charge in [-0.2, -0.15) is 0 Å². The van der Waals surface area contributed by atoms with Crippen molar-refractivity contribution < 1.29 is 4.79 Å². The molecule has 2 aromatic heterocycles. The van der Waals surface area contributed by atoms with Crippen LogP contribution >= 0.6 is 11.6 Å². The first kappa shape index (κ1) is 16.9. The number of aryl methyl sites for hydroxylation is 3. The lowest BCUT2D eigenvalue weighted by Gasteiger charge is -2.10. The average Bonchev–Trinajstić information content (AvgIpc) is 2.55. The van der Waals surface area contributed by atoms with Crippen LogP contribution in [-0.2, 0) is 7.05 Å². The van der Waals surface area contributed by atoms with Crippen molar-refractivity contribution in [1.29, 1.82) is 0 Å². The number of fused-ring (bicyclic) bond motifs is 1. The molecule has 2 heterocycles. The zero-order valence-corrected chi connectivity index (χ0v) is 14.6. The SMILES string of the molecule is Cc1ccc(NC(=O)c2cc3c(=O)[nH]c(=O)n(C)c3nc2C)cc1Cl. The minimum Gasteiger partial charge on any atom is -0.322 e. The monoisotopic (exact) mass is 358 g/mol. The Labute approximate surface area is 147 Å². The van der Waals surface area contributed by atoms with E-state index >= 15 is 0 Å². The van der Waals surface area contributed by atoms with Crippen molar-refractivity contribution in [2.75, 3.05) is 5.32 Å². The van der Waals surface area contributed by atoms with E-state index in [1.807, 2.05) is 6.92 Å². The minimum absolute atomic E-state index is 0.166. The van der Waals surface area contributed by atoms with Gasteiger partial charge >= 0.3 is 5.69 Å². The van der Waals surface area contributed by atoms with E-state index in [1.54, 1.807) is 25.1 Å². The number of carbonyl (C=O) groups excluding carboxylic acids is 1. The second-order valence-electron chi connectivity index (χ2n) is 5.73. The molecule has 0 atom stereocenters. The number of benzene rings is 1. The van der Waals surface area contributed by atoms with Gasteiger partial charge in [-0.25, -0.2) is 9.78 Å². The summed E-state index contributed by atoms with van der Waals surface area (Å²) in [5, 5.41) is 3.44. The van der Waals surface area contributed by atoms with Crippen molar-refractivity contribution in [1.82, 2.24) is 14.5 Å². The number of anilines is 1. The van der Waals surface area contributed by atoms with Gasteiger partial charge in [-0.15, -0.1) is 0 Å². The molecule has 128 valence electrons. The summed E-state index contributed by atoms with van der Waals surface area (Å²) in [6.07, 6.45) is 0. The van der Waals surface area contributed by atoms with Gasteiger partial charge < -0.3 is 5.32 Å². The number of amides is 1. The molecule has 0 saturated carbocycles. The number of pyridine rings is 1. The van der Waals surface area contributed by atoms with Crippen LogP contribution in [0.3, 0.4) is 0 Å². The van der Waals surface area contributed by atoms with Crippen molar-refractivity contribution in [3.05, 3.63) is 66.9 Å². The summed E-state index contributed by atoms with van der Waals surface area (Å²) in [7, 11) is 1.50. The lowest BCUT2D eigenvalue weighted by atomic mass is 10.1. The Morgan fingerprint density at radius 3 is 2.64 bits per heavy atom. The van der Waals surface area contributed by atoms with Crippen molar-refractivity contribution in [3.63, 3.8) is 0 Å². The first-order valence-electron chi connectivity index (χ1n) is 7.46. The maximum atomic E-state index is 12.6. The second-order valence-corrected chi connectivity index (χ2v) is 6.14. The van der Waals surface area contributed by atoms with Gasteiger partial charge in [-0.1, -0.05) is 17.7 Å². The molecule has 3 rings (SSSR count). The molecule has 0 aliphatic rings. The van der Waals surface area contributed by atoms with Gasteiger partial charge in [0.05, 0.1) is 16.6 Å². The zero-order valence-electron chi connectivity index (χ0n) is 13.8. The van der Waals surface area contributed by atoms with Crippen LogP contribution in [0.25, 0.3) is 11.0 Å². The zero-order chi connectivity index (χ0) is 18.3. The third kappa shape index (κ3) is 3.06. The van der Waals surface area contributed by atoms with Crippen molar-refractivity contribution in [2.45, 2.75) is 13.8 Å². The number of halogens is 1. The summed E-state index contributed by atoms with van der Waals surface area (Å²) in [6, 6.07) is 6.61. The highest BCUT2D eigenvalue weighted by Crippen LogP contribution is 2.21. The molecule has 0 aliphatic heterocycles. The summed E-state index contributed by atoms with van der Waals surface area (Å²) in [6.45, 7) is 3.50. The second kappa shape index (κ2) is 6.18. The van der Waals surface area contributed by atoms with E-state index in [1.165, 1.54) is 17.7 Å². The van der Waals surface area contributed by atoms with Crippen LogP contribution in [0.15, 0.2) is 33.9 Å². The molecule has 8 heteroatoms. The van der Waals surface area contributed by atoms with Crippen LogP contribution in [0.4, 0.5) is 5.69 Å². The third-order valence-corrected chi connectivity index (χ3v) is 4.36. The molecule has 0 aliphatic carbocycles. The number of rotatable bonds is 2.